The van der Waals surface area contributed by atoms with E-state index in [0.717, 1.165) is 24.2 Å². The van der Waals surface area contributed by atoms with Gasteiger partial charge < -0.3 is 10.1 Å². The molecule has 0 aromatic carbocycles. The van der Waals surface area contributed by atoms with Gasteiger partial charge in [-0.2, -0.15) is 0 Å². The van der Waals surface area contributed by atoms with Crippen LogP contribution in [0, 0.1) is 0 Å². The number of hydrogen-bond donors (Lipinski definition) is 1. The molecule has 3 nitrogen and oxygen atoms in total. The molecule has 2 unspecified atom stereocenters. The molecule has 0 radical (unpaired) electrons. The highest BCUT2D eigenvalue weighted by molar-refractivity contribution is 5.03. The molecular formula is C15H28N2O. The fraction of sp³-hybridized carbons (Fsp3) is 1.00. The lowest BCUT2D eigenvalue weighted by Gasteiger charge is -2.49. The summed E-state index contributed by atoms with van der Waals surface area (Å²) in [4.78, 5) is 2.86. The van der Waals surface area contributed by atoms with Crippen molar-refractivity contribution in [3.63, 3.8) is 0 Å². The Bertz CT molecular complexity index is 264. The maximum absolute atomic E-state index is 5.43. The van der Waals surface area contributed by atoms with Crippen LogP contribution in [0.2, 0.25) is 0 Å². The molecule has 3 heteroatoms. The molecule has 0 aromatic heterocycles. The molecule has 2 aliphatic heterocycles. The van der Waals surface area contributed by atoms with E-state index in [1.165, 1.54) is 51.5 Å². The molecule has 2 atom stereocenters. The minimum Gasteiger partial charge on any atom is -0.381 e. The van der Waals surface area contributed by atoms with Crippen molar-refractivity contribution in [1.29, 1.82) is 0 Å². The van der Waals surface area contributed by atoms with Crippen LogP contribution in [0.15, 0.2) is 0 Å². The molecule has 1 saturated carbocycles. The van der Waals surface area contributed by atoms with Crippen LogP contribution < -0.4 is 5.32 Å². The largest absolute Gasteiger partial charge is 0.381 e. The first-order chi connectivity index (χ1) is 8.81. The van der Waals surface area contributed by atoms with Gasteiger partial charge in [-0.1, -0.05) is 6.92 Å². The Morgan fingerprint density at radius 3 is 2.28 bits per heavy atom. The van der Waals surface area contributed by atoms with Gasteiger partial charge in [0.25, 0.3) is 0 Å². The molecule has 2 bridgehead atoms. The maximum Gasteiger partial charge on any atom is 0.0601 e. The average Bonchev–Trinajstić information content (AvgIpc) is 2.59. The summed E-state index contributed by atoms with van der Waals surface area (Å²) in [5.74, 6) is 0. The Labute approximate surface area is 111 Å². The number of piperidine rings is 1. The molecule has 1 aliphatic carbocycles. The Balaban J connectivity index is 1.54. The summed E-state index contributed by atoms with van der Waals surface area (Å²) in [5.41, 5.74) is 0. The number of ether oxygens (including phenoxy) is 1. The van der Waals surface area contributed by atoms with Crippen molar-refractivity contribution in [1.82, 2.24) is 10.2 Å². The van der Waals surface area contributed by atoms with Gasteiger partial charge in [0.1, 0.15) is 0 Å². The molecule has 3 rings (SSSR count). The van der Waals surface area contributed by atoms with Crippen molar-refractivity contribution in [2.24, 2.45) is 0 Å². The second kappa shape index (κ2) is 5.48. The number of nitrogens with zero attached hydrogens (tertiary/aromatic N) is 1. The molecule has 3 fully saturated rings. The van der Waals surface area contributed by atoms with Crippen LogP contribution in [0.1, 0.15) is 51.9 Å². The first-order valence-electron chi connectivity index (χ1n) is 7.85. The topological polar surface area (TPSA) is 24.5 Å². The van der Waals surface area contributed by atoms with Crippen molar-refractivity contribution in [2.45, 2.75) is 82.1 Å². The van der Waals surface area contributed by atoms with E-state index in [4.69, 9.17) is 4.74 Å². The average molecular weight is 252 g/mol. The van der Waals surface area contributed by atoms with Crippen LogP contribution in [0.5, 0.6) is 0 Å². The van der Waals surface area contributed by atoms with Crippen LogP contribution in [0.25, 0.3) is 0 Å². The Hall–Kier alpha value is -0.120. The van der Waals surface area contributed by atoms with Gasteiger partial charge in [-0.25, -0.2) is 0 Å². The van der Waals surface area contributed by atoms with Gasteiger partial charge >= 0.3 is 0 Å². The number of nitrogens with one attached hydrogen (secondary N) is 1. The molecule has 18 heavy (non-hydrogen) atoms. The minimum atomic E-state index is 0.547. The molecule has 0 spiro atoms. The fourth-order valence-corrected chi connectivity index (χ4v) is 4.30. The van der Waals surface area contributed by atoms with Gasteiger partial charge in [-0.3, -0.25) is 4.90 Å². The van der Waals surface area contributed by atoms with E-state index >= 15 is 0 Å². The van der Waals surface area contributed by atoms with Crippen LogP contribution in [0.3, 0.4) is 0 Å². The Morgan fingerprint density at radius 1 is 1.06 bits per heavy atom. The standard InChI is InChI=1S/C15H28N2O/c1-3-6-16-11-7-12-4-5-13(8-11)17(12)14-9-15(10-14)18-2/h11-16H,3-10H2,1-2H3. The number of fused-ring (bicyclic) bond motifs is 2. The normalized spacial score (nSPS) is 44.0. The van der Waals surface area contributed by atoms with Gasteiger partial charge in [0.2, 0.25) is 0 Å². The predicted molar refractivity (Wildman–Crippen MR) is 73.8 cm³/mol. The highest BCUT2D eigenvalue weighted by atomic mass is 16.5. The van der Waals surface area contributed by atoms with E-state index in [0.29, 0.717) is 6.10 Å². The van der Waals surface area contributed by atoms with E-state index in [1.54, 1.807) is 0 Å². The number of rotatable bonds is 5. The molecule has 1 N–H and O–H groups in total. The van der Waals surface area contributed by atoms with E-state index in [2.05, 4.69) is 17.1 Å². The summed E-state index contributed by atoms with van der Waals surface area (Å²) in [5, 5.41) is 3.74. The molecule has 104 valence electrons. The third-order valence-corrected chi connectivity index (χ3v) is 5.30. The predicted octanol–water partition coefficient (Wildman–Crippen LogP) is 2.16. The van der Waals surface area contributed by atoms with Crippen molar-refractivity contribution in [2.75, 3.05) is 13.7 Å². The molecule has 0 aromatic rings. The van der Waals surface area contributed by atoms with E-state index in [-0.39, 0.29) is 0 Å². The van der Waals surface area contributed by atoms with Crippen molar-refractivity contribution >= 4 is 0 Å². The second-order valence-corrected chi connectivity index (χ2v) is 6.44. The maximum atomic E-state index is 5.43. The molecule has 2 heterocycles. The van der Waals surface area contributed by atoms with Crippen molar-refractivity contribution < 1.29 is 4.74 Å². The van der Waals surface area contributed by atoms with Crippen LogP contribution >= 0.6 is 0 Å². The summed E-state index contributed by atoms with van der Waals surface area (Å²) in [6, 6.07) is 3.35. The SMILES string of the molecule is CCCNC1CC2CCC(C1)N2C1CC(OC)C1. The van der Waals surface area contributed by atoms with Gasteiger partial charge in [-0.05, 0) is 51.5 Å². The van der Waals surface area contributed by atoms with E-state index in [1.807, 2.05) is 7.11 Å². The lowest BCUT2D eigenvalue weighted by Crippen LogP contribution is -2.57. The summed E-state index contributed by atoms with van der Waals surface area (Å²) in [6.45, 7) is 3.45. The lowest BCUT2D eigenvalue weighted by molar-refractivity contribution is -0.0562. The zero-order chi connectivity index (χ0) is 12.5. The molecule has 2 saturated heterocycles. The third kappa shape index (κ3) is 2.33. The van der Waals surface area contributed by atoms with Crippen molar-refractivity contribution in [3.8, 4) is 0 Å². The monoisotopic (exact) mass is 252 g/mol. The van der Waals surface area contributed by atoms with E-state index in [9.17, 15) is 0 Å². The number of methoxy groups -OCH3 is 1. The quantitative estimate of drug-likeness (QED) is 0.811. The number of hydrogen-bond acceptors (Lipinski definition) is 3. The third-order valence-electron chi connectivity index (χ3n) is 5.30. The first-order valence-corrected chi connectivity index (χ1v) is 7.85. The van der Waals surface area contributed by atoms with Gasteiger partial charge in [0, 0.05) is 31.3 Å². The molecule has 3 aliphatic rings. The summed E-state index contributed by atoms with van der Waals surface area (Å²) in [6.07, 6.45) is 9.98. The summed E-state index contributed by atoms with van der Waals surface area (Å²) >= 11 is 0. The zero-order valence-corrected chi connectivity index (χ0v) is 11.9. The van der Waals surface area contributed by atoms with Crippen LogP contribution in [0.4, 0.5) is 0 Å². The fourth-order valence-electron chi connectivity index (χ4n) is 4.30. The zero-order valence-electron chi connectivity index (χ0n) is 11.9. The van der Waals surface area contributed by atoms with Crippen LogP contribution in [-0.2, 0) is 4.74 Å². The first kappa shape index (κ1) is 12.9. The van der Waals surface area contributed by atoms with Crippen LogP contribution in [-0.4, -0.2) is 48.8 Å². The summed E-state index contributed by atoms with van der Waals surface area (Å²) < 4.78 is 5.43. The summed E-state index contributed by atoms with van der Waals surface area (Å²) in [7, 11) is 1.86. The Morgan fingerprint density at radius 2 is 1.72 bits per heavy atom. The van der Waals surface area contributed by atoms with E-state index < -0.39 is 0 Å². The van der Waals surface area contributed by atoms with Gasteiger partial charge in [0.15, 0.2) is 0 Å². The highest BCUT2D eigenvalue weighted by Crippen LogP contribution is 2.42. The van der Waals surface area contributed by atoms with Gasteiger partial charge in [-0.15, -0.1) is 0 Å². The van der Waals surface area contributed by atoms with Gasteiger partial charge in [0.05, 0.1) is 6.10 Å². The highest BCUT2D eigenvalue weighted by Gasteiger charge is 2.47. The lowest BCUT2D eigenvalue weighted by atomic mass is 9.84. The Kier molecular flexibility index (Phi) is 3.92. The molecular weight excluding hydrogens is 224 g/mol. The molecule has 0 amide bonds. The van der Waals surface area contributed by atoms with Crippen molar-refractivity contribution in [3.05, 3.63) is 0 Å². The minimum absolute atomic E-state index is 0.547. The second-order valence-electron chi connectivity index (χ2n) is 6.44. The smallest absolute Gasteiger partial charge is 0.0601 e.